The van der Waals surface area contributed by atoms with Crippen LogP contribution < -0.4 is 0 Å². The SMILES string of the molecule is C=CC(C)/C1=C/C=C\CCCC1.[Ru+2]. The van der Waals surface area contributed by atoms with Gasteiger partial charge in [0.15, 0.2) is 0 Å². The molecule has 0 N–H and O–H groups in total. The van der Waals surface area contributed by atoms with Crippen LogP contribution in [0.5, 0.6) is 0 Å². The van der Waals surface area contributed by atoms with E-state index in [0.717, 1.165) is 0 Å². The van der Waals surface area contributed by atoms with Gasteiger partial charge in [0.1, 0.15) is 0 Å². The molecule has 1 unspecified atom stereocenters. The van der Waals surface area contributed by atoms with Crippen molar-refractivity contribution in [1.29, 1.82) is 0 Å². The Morgan fingerprint density at radius 2 is 2.23 bits per heavy atom. The van der Waals surface area contributed by atoms with Gasteiger partial charge in [0.05, 0.1) is 0 Å². The van der Waals surface area contributed by atoms with Gasteiger partial charge in [-0.2, -0.15) is 0 Å². The van der Waals surface area contributed by atoms with Crippen LogP contribution in [0.2, 0.25) is 0 Å². The summed E-state index contributed by atoms with van der Waals surface area (Å²) in [6.45, 7) is 6.04. The van der Waals surface area contributed by atoms with Gasteiger partial charge in [-0.05, 0) is 31.6 Å². The zero-order valence-electron chi connectivity index (χ0n) is 8.28. The molecule has 0 bridgehead atoms. The first kappa shape index (κ1) is 12.8. The zero-order valence-corrected chi connectivity index (χ0v) is 10.0. The molecule has 0 nitrogen and oxygen atoms in total. The Kier molecular flexibility index (Phi) is 7.18. The van der Waals surface area contributed by atoms with Gasteiger partial charge in [0.2, 0.25) is 0 Å². The molecule has 0 aromatic heterocycles. The van der Waals surface area contributed by atoms with Crippen molar-refractivity contribution in [2.75, 3.05) is 0 Å². The molecule has 1 aliphatic carbocycles. The molecule has 0 heterocycles. The van der Waals surface area contributed by atoms with Crippen molar-refractivity contribution in [1.82, 2.24) is 0 Å². The van der Waals surface area contributed by atoms with Crippen LogP contribution in [0.15, 0.2) is 36.5 Å². The topological polar surface area (TPSA) is 0 Å². The normalized spacial score (nSPS) is 25.5. The van der Waals surface area contributed by atoms with Crippen LogP contribution in [0.25, 0.3) is 0 Å². The summed E-state index contributed by atoms with van der Waals surface area (Å²) in [5.74, 6) is 0.549. The predicted molar refractivity (Wildman–Crippen MR) is 55.1 cm³/mol. The van der Waals surface area contributed by atoms with Gasteiger partial charge < -0.3 is 0 Å². The second kappa shape index (κ2) is 7.27. The fourth-order valence-electron chi connectivity index (χ4n) is 1.49. The maximum atomic E-state index is 3.82. The van der Waals surface area contributed by atoms with Crippen LogP contribution >= 0.6 is 0 Å². The standard InChI is InChI=1S/C12H18.Ru/c1-3-11(2)12-9-7-5-4-6-8-10-12;/h3,5,7,9,11H,1,4,6,8,10H2,2H3;/q;+2/b7-5-,12-9+;. The van der Waals surface area contributed by atoms with Gasteiger partial charge in [0.25, 0.3) is 0 Å². The van der Waals surface area contributed by atoms with E-state index in [0.29, 0.717) is 5.92 Å². The molecular formula is C12H18Ru+2. The summed E-state index contributed by atoms with van der Waals surface area (Å²) in [6, 6.07) is 0. The molecule has 0 amide bonds. The van der Waals surface area contributed by atoms with Crippen molar-refractivity contribution in [3.8, 4) is 0 Å². The molecule has 0 saturated heterocycles. The summed E-state index contributed by atoms with van der Waals surface area (Å²) >= 11 is 0. The van der Waals surface area contributed by atoms with Crippen LogP contribution in [-0.4, -0.2) is 0 Å². The van der Waals surface area contributed by atoms with E-state index in [2.05, 4.69) is 31.7 Å². The molecule has 13 heavy (non-hydrogen) atoms. The van der Waals surface area contributed by atoms with E-state index in [4.69, 9.17) is 0 Å². The average Bonchev–Trinajstić information content (AvgIpc) is 2.02. The quantitative estimate of drug-likeness (QED) is 0.524. The largest absolute Gasteiger partial charge is 2.00 e. The van der Waals surface area contributed by atoms with Crippen molar-refractivity contribution in [3.63, 3.8) is 0 Å². The minimum Gasteiger partial charge on any atom is -0.102 e. The molecule has 0 aliphatic heterocycles. The molecule has 1 rings (SSSR count). The van der Waals surface area contributed by atoms with E-state index in [1.807, 2.05) is 6.08 Å². The third-order valence-electron chi connectivity index (χ3n) is 2.47. The monoisotopic (exact) mass is 264 g/mol. The first-order valence-electron chi connectivity index (χ1n) is 4.82. The second-order valence-corrected chi connectivity index (χ2v) is 3.44. The number of rotatable bonds is 2. The molecule has 0 saturated carbocycles. The Labute approximate surface area is 94.6 Å². The zero-order chi connectivity index (χ0) is 8.81. The molecule has 0 fully saturated rings. The van der Waals surface area contributed by atoms with Gasteiger partial charge in [0, 0.05) is 0 Å². The third kappa shape index (κ3) is 4.57. The van der Waals surface area contributed by atoms with Crippen molar-refractivity contribution in [2.45, 2.75) is 32.6 Å². The summed E-state index contributed by atoms with van der Waals surface area (Å²) in [5.41, 5.74) is 1.53. The molecule has 0 radical (unpaired) electrons. The number of hydrogen-bond donors (Lipinski definition) is 0. The predicted octanol–water partition coefficient (Wildman–Crippen LogP) is 3.86. The van der Waals surface area contributed by atoms with Gasteiger partial charge >= 0.3 is 19.5 Å². The van der Waals surface area contributed by atoms with E-state index in [1.165, 1.54) is 31.3 Å². The molecule has 1 atom stereocenters. The fraction of sp³-hybridized carbons (Fsp3) is 0.500. The molecule has 1 heteroatoms. The smallest absolute Gasteiger partial charge is 0.102 e. The Morgan fingerprint density at radius 1 is 1.46 bits per heavy atom. The van der Waals surface area contributed by atoms with Crippen molar-refractivity contribution < 1.29 is 19.5 Å². The fourth-order valence-corrected chi connectivity index (χ4v) is 1.49. The third-order valence-corrected chi connectivity index (χ3v) is 2.47. The van der Waals surface area contributed by atoms with Crippen molar-refractivity contribution >= 4 is 0 Å². The summed E-state index contributed by atoms with van der Waals surface area (Å²) in [7, 11) is 0. The number of allylic oxidation sites excluding steroid dienone is 5. The van der Waals surface area contributed by atoms with Crippen LogP contribution in [0.3, 0.4) is 0 Å². The summed E-state index contributed by atoms with van der Waals surface area (Å²) in [5, 5.41) is 0. The Bertz CT molecular complexity index is 201. The Morgan fingerprint density at radius 3 is 2.92 bits per heavy atom. The summed E-state index contributed by atoms with van der Waals surface area (Å²) in [4.78, 5) is 0. The average molecular weight is 263 g/mol. The Hall–Kier alpha value is -0.157. The molecule has 0 aromatic carbocycles. The van der Waals surface area contributed by atoms with Crippen LogP contribution in [0, 0.1) is 5.92 Å². The maximum Gasteiger partial charge on any atom is 2.00 e. The maximum absolute atomic E-state index is 3.82. The van der Waals surface area contributed by atoms with Crippen LogP contribution in [0.4, 0.5) is 0 Å². The van der Waals surface area contributed by atoms with Crippen molar-refractivity contribution in [2.24, 2.45) is 5.92 Å². The van der Waals surface area contributed by atoms with E-state index in [1.54, 1.807) is 0 Å². The van der Waals surface area contributed by atoms with Crippen molar-refractivity contribution in [3.05, 3.63) is 36.5 Å². The molecule has 72 valence electrons. The minimum atomic E-state index is 0. The van der Waals surface area contributed by atoms with Crippen LogP contribution in [0.1, 0.15) is 32.6 Å². The first-order valence-corrected chi connectivity index (χ1v) is 4.82. The van der Waals surface area contributed by atoms with E-state index in [-0.39, 0.29) is 19.5 Å². The first-order chi connectivity index (χ1) is 5.84. The minimum absolute atomic E-state index is 0. The van der Waals surface area contributed by atoms with E-state index < -0.39 is 0 Å². The van der Waals surface area contributed by atoms with E-state index >= 15 is 0 Å². The summed E-state index contributed by atoms with van der Waals surface area (Å²) < 4.78 is 0. The van der Waals surface area contributed by atoms with Gasteiger partial charge in [-0.1, -0.05) is 36.8 Å². The van der Waals surface area contributed by atoms with Gasteiger partial charge in [-0.25, -0.2) is 0 Å². The molecular weight excluding hydrogens is 245 g/mol. The second-order valence-electron chi connectivity index (χ2n) is 3.44. The molecule has 1 aliphatic rings. The van der Waals surface area contributed by atoms with Crippen LogP contribution in [-0.2, 0) is 19.5 Å². The number of hydrogen-bond acceptors (Lipinski definition) is 0. The summed E-state index contributed by atoms with van der Waals surface area (Å²) in [6.07, 6.45) is 13.9. The molecule has 0 aromatic rings. The molecule has 0 spiro atoms. The Balaban J connectivity index is 0.00000144. The van der Waals surface area contributed by atoms with Gasteiger partial charge in [-0.15, -0.1) is 6.58 Å². The van der Waals surface area contributed by atoms with E-state index in [9.17, 15) is 0 Å². The van der Waals surface area contributed by atoms with Gasteiger partial charge in [-0.3, -0.25) is 0 Å².